The molecule has 1 aliphatic rings. The van der Waals surface area contributed by atoms with Crippen LogP contribution >= 0.6 is 0 Å². The molecule has 1 aliphatic carbocycles. The van der Waals surface area contributed by atoms with E-state index in [0.717, 1.165) is 32.1 Å². The van der Waals surface area contributed by atoms with E-state index in [1.807, 2.05) is 0 Å². The second kappa shape index (κ2) is 10.6. The third kappa shape index (κ3) is 5.71. The Kier molecular flexibility index (Phi) is 9.49. The third-order valence-corrected chi connectivity index (χ3v) is 4.49. The van der Waals surface area contributed by atoms with Crippen molar-refractivity contribution in [2.75, 3.05) is 19.8 Å². The summed E-state index contributed by atoms with van der Waals surface area (Å²) in [5, 5.41) is 3.70. The summed E-state index contributed by atoms with van der Waals surface area (Å²) in [6, 6.07) is 0.351. The van der Waals surface area contributed by atoms with Crippen LogP contribution in [0.2, 0.25) is 0 Å². The quantitative estimate of drug-likeness (QED) is 0.616. The van der Waals surface area contributed by atoms with Crippen molar-refractivity contribution in [3.05, 3.63) is 0 Å². The molecule has 0 spiro atoms. The third-order valence-electron chi connectivity index (χ3n) is 4.49. The molecule has 0 aromatic heterocycles. The van der Waals surface area contributed by atoms with Gasteiger partial charge in [0.1, 0.15) is 0 Å². The van der Waals surface area contributed by atoms with Gasteiger partial charge in [-0.3, -0.25) is 0 Å². The van der Waals surface area contributed by atoms with Crippen molar-refractivity contribution >= 4 is 0 Å². The molecular weight excluding hydrogens is 250 g/mol. The first-order valence-corrected chi connectivity index (χ1v) is 8.73. The summed E-state index contributed by atoms with van der Waals surface area (Å²) in [5.41, 5.74) is 0. The van der Waals surface area contributed by atoms with Gasteiger partial charge in [0.05, 0.1) is 6.04 Å². The molecule has 1 rings (SSSR count). The highest BCUT2D eigenvalue weighted by atomic mass is 16.7. The minimum Gasteiger partial charge on any atom is -0.351 e. The first kappa shape index (κ1) is 17.9. The molecule has 0 aromatic rings. The van der Waals surface area contributed by atoms with Gasteiger partial charge >= 0.3 is 0 Å². The van der Waals surface area contributed by atoms with E-state index in [0.29, 0.717) is 12.0 Å². The normalized spacial score (nSPS) is 25.1. The number of hydrogen-bond donors (Lipinski definition) is 1. The molecule has 1 fully saturated rings. The highest BCUT2D eigenvalue weighted by molar-refractivity contribution is 4.84. The van der Waals surface area contributed by atoms with Crippen molar-refractivity contribution in [2.24, 2.45) is 11.8 Å². The van der Waals surface area contributed by atoms with Crippen molar-refractivity contribution in [3.8, 4) is 0 Å². The standard InChI is InChI=1S/C17H35NO2/c1-5-12-18-16(17(19-7-3)20-8-4)15-11-9-10-14(6-2)13-15/h14-18H,5-13H2,1-4H3. The lowest BCUT2D eigenvalue weighted by atomic mass is 9.76. The lowest BCUT2D eigenvalue weighted by molar-refractivity contribution is -0.165. The Morgan fingerprint density at radius 3 is 2.30 bits per heavy atom. The molecule has 1 N–H and O–H groups in total. The van der Waals surface area contributed by atoms with Crippen LogP contribution in [0.15, 0.2) is 0 Å². The molecule has 0 amide bonds. The van der Waals surface area contributed by atoms with Gasteiger partial charge in [-0.1, -0.05) is 33.1 Å². The van der Waals surface area contributed by atoms with Crippen molar-refractivity contribution in [1.29, 1.82) is 0 Å². The second-order valence-electron chi connectivity index (χ2n) is 5.96. The van der Waals surface area contributed by atoms with Crippen LogP contribution in [-0.2, 0) is 9.47 Å². The van der Waals surface area contributed by atoms with Crippen molar-refractivity contribution in [2.45, 2.75) is 78.6 Å². The van der Waals surface area contributed by atoms with E-state index in [9.17, 15) is 0 Å². The van der Waals surface area contributed by atoms with Gasteiger partial charge in [0.15, 0.2) is 6.29 Å². The molecule has 3 nitrogen and oxygen atoms in total. The average Bonchev–Trinajstić information content (AvgIpc) is 2.48. The van der Waals surface area contributed by atoms with Gasteiger partial charge in [0, 0.05) is 13.2 Å². The zero-order valence-corrected chi connectivity index (χ0v) is 14.0. The zero-order chi connectivity index (χ0) is 14.8. The van der Waals surface area contributed by atoms with Gasteiger partial charge in [-0.2, -0.15) is 0 Å². The van der Waals surface area contributed by atoms with Gasteiger partial charge in [-0.25, -0.2) is 0 Å². The van der Waals surface area contributed by atoms with Gasteiger partial charge in [0.25, 0.3) is 0 Å². The van der Waals surface area contributed by atoms with Crippen molar-refractivity contribution in [3.63, 3.8) is 0 Å². The van der Waals surface area contributed by atoms with Gasteiger partial charge in [-0.05, 0) is 51.5 Å². The van der Waals surface area contributed by atoms with E-state index >= 15 is 0 Å². The van der Waals surface area contributed by atoms with Crippen LogP contribution in [0.25, 0.3) is 0 Å². The van der Waals surface area contributed by atoms with E-state index in [1.54, 1.807) is 0 Å². The van der Waals surface area contributed by atoms with Crippen LogP contribution in [-0.4, -0.2) is 32.1 Å². The number of ether oxygens (including phenoxy) is 2. The molecule has 1 saturated carbocycles. The minimum atomic E-state index is -0.0860. The lowest BCUT2D eigenvalue weighted by Gasteiger charge is -2.38. The van der Waals surface area contributed by atoms with Gasteiger partial charge in [0.2, 0.25) is 0 Å². The zero-order valence-electron chi connectivity index (χ0n) is 14.0. The average molecular weight is 285 g/mol. The number of rotatable bonds is 10. The van der Waals surface area contributed by atoms with Crippen molar-refractivity contribution < 1.29 is 9.47 Å². The molecule has 0 bridgehead atoms. The largest absolute Gasteiger partial charge is 0.351 e. The smallest absolute Gasteiger partial charge is 0.172 e. The summed E-state index contributed by atoms with van der Waals surface area (Å²) in [4.78, 5) is 0. The summed E-state index contributed by atoms with van der Waals surface area (Å²) in [7, 11) is 0. The Labute approximate surface area is 125 Å². The maximum atomic E-state index is 5.88. The predicted octanol–water partition coefficient (Wildman–Crippen LogP) is 3.97. The maximum Gasteiger partial charge on any atom is 0.172 e. The number of hydrogen-bond acceptors (Lipinski definition) is 3. The monoisotopic (exact) mass is 285 g/mol. The Morgan fingerprint density at radius 1 is 1.05 bits per heavy atom. The molecule has 0 heterocycles. The minimum absolute atomic E-state index is 0.0860. The Balaban J connectivity index is 2.68. The Hall–Kier alpha value is -0.120. The molecule has 20 heavy (non-hydrogen) atoms. The molecule has 3 heteroatoms. The summed E-state index contributed by atoms with van der Waals surface area (Å²) in [6.07, 6.45) is 7.79. The fourth-order valence-electron chi connectivity index (χ4n) is 3.41. The molecular formula is C17H35NO2. The molecule has 0 aromatic carbocycles. The molecule has 3 unspecified atom stereocenters. The lowest BCUT2D eigenvalue weighted by Crippen LogP contribution is -2.49. The highest BCUT2D eigenvalue weighted by Crippen LogP contribution is 2.34. The van der Waals surface area contributed by atoms with E-state index in [-0.39, 0.29) is 6.29 Å². The molecule has 120 valence electrons. The second-order valence-corrected chi connectivity index (χ2v) is 5.96. The fourth-order valence-corrected chi connectivity index (χ4v) is 3.41. The van der Waals surface area contributed by atoms with Crippen LogP contribution in [0.1, 0.15) is 66.2 Å². The first-order valence-electron chi connectivity index (χ1n) is 8.73. The molecule has 3 atom stereocenters. The Morgan fingerprint density at radius 2 is 1.75 bits per heavy atom. The SMILES string of the molecule is CCCNC(C1CCCC(CC)C1)C(OCC)OCC. The topological polar surface area (TPSA) is 30.5 Å². The van der Waals surface area contributed by atoms with E-state index in [1.165, 1.54) is 32.1 Å². The maximum absolute atomic E-state index is 5.88. The van der Waals surface area contributed by atoms with E-state index < -0.39 is 0 Å². The summed E-state index contributed by atoms with van der Waals surface area (Å²) in [6.45, 7) is 11.1. The summed E-state index contributed by atoms with van der Waals surface area (Å²) >= 11 is 0. The van der Waals surface area contributed by atoms with Crippen LogP contribution < -0.4 is 5.32 Å². The van der Waals surface area contributed by atoms with Crippen LogP contribution in [0, 0.1) is 11.8 Å². The van der Waals surface area contributed by atoms with Crippen molar-refractivity contribution in [1.82, 2.24) is 5.32 Å². The van der Waals surface area contributed by atoms with Crippen LogP contribution in [0.3, 0.4) is 0 Å². The summed E-state index contributed by atoms with van der Waals surface area (Å²) < 4.78 is 11.8. The highest BCUT2D eigenvalue weighted by Gasteiger charge is 2.33. The molecule has 0 radical (unpaired) electrons. The Bertz CT molecular complexity index is 229. The van der Waals surface area contributed by atoms with E-state index in [2.05, 4.69) is 33.0 Å². The van der Waals surface area contributed by atoms with Gasteiger partial charge in [-0.15, -0.1) is 0 Å². The fraction of sp³-hybridized carbons (Fsp3) is 1.00. The molecule has 0 aliphatic heterocycles. The summed E-state index contributed by atoms with van der Waals surface area (Å²) in [5.74, 6) is 1.59. The molecule has 0 saturated heterocycles. The predicted molar refractivity (Wildman–Crippen MR) is 84.9 cm³/mol. The van der Waals surface area contributed by atoms with Crippen LogP contribution in [0.5, 0.6) is 0 Å². The van der Waals surface area contributed by atoms with Crippen LogP contribution in [0.4, 0.5) is 0 Å². The number of nitrogens with one attached hydrogen (secondary N) is 1. The first-order chi connectivity index (χ1) is 9.76. The van der Waals surface area contributed by atoms with Gasteiger partial charge < -0.3 is 14.8 Å². The van der Waals surface area contributed by atoms with E-state index in [4.69, 9.17) is 9.47 Å².